The molecule has 0 atom stereocenters. The van der Waals surface area contributed by atoms with Crippen LogP contribution < -0.4 is 20.7 Å². The summed E-state index contributed by atoms with van der Waals surface area (Å²) in [5, 5.41) is 2.62. The summed E-state index contributed by atoms with van der Waals surface area (Å²) in [6.07, 6.45) is 3.65. The average Bonchev–Trinajstić information content (AvgIpc) is 2.76. The average molecular weight is 429 g/mol. The smallest absolute Gasteiger partial charge is 0.320 e. The fourth-order valence-corrected chi connectivity index (χ4v) is 3.31. The van der Waals surface area contributed by atoms with Crippen molar-refractivity contribution in [1.29, 1.82) is 0 Å². The van der Waals surface area contributed by atoms with E-state index in [0.717, 1.165) is 44.5 Å². The minimum absolute atomic E-state index is 0.182. The maximum absolute atomic E-state index is 11.1. The van der Waals surface area contributed by atoms with Gasteiger partial charge in [0.1, 0.15) is 5.69 Å². The molecule has 0 fully saturated rings. The van der Waals surface area contributed by atoms with Gasteiger partial charge in [0, 0.05) is 20.1 Å². The molecule has 0 unspecified atom stereocenters. The summed E-state index contributed by atoms with van der Waals surface area (Å²) in [4.78, 5) is 24.1. The molecular formula is C23H36N6O2. The van der Waals surface area contributed by atoms with Gasteiger partial charge < -0.3 is 20.7 Å². The fraction of sp³-hybridized carbons (Fsp3) is 0.522. The Bertz CT molecular complexity index is 812. The Labute approximate surface area is 185 Å². The maximum Gasteiger partial charge on any atom is 0.320 e. The zero-order valence-corrected chi connectivity index (χ0v) is 19.2. The van der Waals surface area contributed by atoms with Crippen molar-refractivity contribution in [3.8, 4) is 6.01 Å². The fourth-order valence-electron chi connectivity index (χ4n) is 3.31. The van der Waals surface area contributed by atoms with E-state index in [1.165, 1.54) is 5.56 Å². The van der Waals surface area contributed by atoms with Crippen LogP contribution in [0.2, 0.25) is 0 Å². The van der Waals surface area contributed by atoms with E-state index in [9.17, 15) is 4.79 Å². The number of unbranched alkanes of at least 4 members (excludes halogenated alkanes) is 1. The predicted molar refractivity (Wildman–Crippen MR) is 126 cm³/mol. The first-order chi connectivity index (χ1) is 15.0. The van der Waals surface area contributed by atoms with Crippen molar-refractivity contribution in [2.45, 2.75) is 53.1 Å². The number of nitrogens with two attached hydrogens (primary N) is 1. The van der Waals surface area contributed by atoms with Gasteiger partial charge in [-0.05, 0) is 37.1 Å². The van der Waals surface area contributed by atoms with E-state index in [2.05, 4.69) is 65.2 Å². The summed E-state index contributed by atoms with van der Waals surface area (Å²) in [7, 11) is 1.90. The second-order valence-electron chi connectivity index (χ2n) is 7.60. The maximum atomic E-state index is 11.1. The normalized spacial score (nSPS) is 10.9. The number of carbonyl (C=O) groups excluding carboxylic acids is 1. The molecular weight excluding hydrogens is 392 g/mol. The minimum Gasteiger partial charge on any atom is -0.463 e. The number of nitrogens with one attached hydrogen (secondary N) is 1. The molecule has 8 heteroatoms. The summed E-state index contributed by atoms with van der Waals surface area (Å²) in [5.41, 5.74) is 8.87. The van der Waals surface area contributed by atoms with Crippen molar-refractivity contribution >= 4 is 23.7 Å². The molecule has 0 aliphatic heterocycles. The number of hydrogen-bond acceptors (Lipinski definition) is 7. The highest BCUT2D eigenvalue weighted by Crippen LogP contribution is 2.30. The monoisotopic (exact) mass is 428 g/mol. The zero-order valence-electron chi connectivity index (χ0n) is 19.2. The molecule has 0 spiro atoms. The van der Waals surface area contributed by atoms with E-state index in [1.54, 1.807) is 0 Å². The quantitative estimate of drug-likeness (QED) is 0.350. The number of carbonyl (C=O) groups is 1. The summed E-state index contributed by atoms with van der Waals surface area (Å²) in [5.74, 6) is 0.705. The Morgan fingerprint density at radius 3 is 2.32 bits per heavy atom. The molecule has 0 saturated carbocycles. The van der Waals surface area contributed by atoms with Crippen LogP contribution in [0.5, 0.6) is 6.01 Å². The standard InChI is InChI=1S/C23H36N6O2/c1-5-8-14-31-23-26-21(24)20(25-17-30)22(27-23)28(4)15-18-9-11-19(12-10-18)16-29(7-3)13-6-2/h9-12,17H,5-8,13-16H2,1-4H3,(H,25,30)(H2,24,26,27). The van der Waals surface area contributed by atoms with Gasteiger partial charge in [0.15, 0.2) is 11.6 Å². The largest absolute Gasteiger partial charge is 0.463 e. The van der Waals surface area contributed by atoms with Crippen molar-refractivity contribution in [2.75, 3.05) is 42.7 Å². The number of ether oxygens (including phenoxy) is 1. The minimum atomic E-state index is 0.182. The van der Waals surface area contributed by atoms with E-state index >= 15 is 0 Å². The molecule has 2 aromatic rings. The van der Waals surface area contributed by atoms with Gasteiger partial charge in [0.2, 0.25) is 6.41 Å². The lowest BCUT2D eigenvalue weighted by molar-refractivity contribution is -0.105. The second kappa shape index (κ2) is 12.7. The Hall–Kier alpha value is -2.87. The molecule has 0 aliphatic carbocycles. The van der Waals surface area contributed by atoms with Crippen LogP contribution in [0.3, 0.4) is 0 Å². The molecule has 0 bridgehead atoms. The SMILES string of the molecule is CCCCOc1nc(N)c(NC=O)c(N(C)Cc2ccc(CN(CC)CCC)cc2)n1. The van der Waals surface area contributed by atoms with E-state index in [1.807, 2.05) is 11.9 Å². The van der Waals surface area contributed by atoms with Crippen LogP contribution in [0.25, 0.3) is 0 Å². The van der Waals surface area contributed by atoms with Gasteiger partial charge in [-0.3, -0.25) is 9.69 Å². The first kappa shape index (κ1) is 24.4. The highest BCUT2D eigenvalue weighted by atomic mass is 16.5. The molecule has 170 valence electrons. The topological polar surface area (TPSA) is 96.6 Å². The van der Waals surface area contributed by atoms with Gasteiger partial charge in [0.05, 0.1) is 6.61 Å². The van der Waals surface area contributed by atoms with Crippen molar-refractivity contribution < 1.29 is 9.53 Å². The van der Waals surface area contributed by atoms with Gasteiger partial charge in [-0.2, -0.15) is 9.97 Å². The van der Waals surface area contributed by atoms with Gasteiger partial charge >= 0.3 is 6.01 Å². The number of anilines is 3. The molecule has 2 rings (SSSR count). The van der Waals surface area contributed by atoms with Crippen molar-refractivity contribution in [3.63, 3.8) is 0 Å². The summed E-state index contributed by atoms with van der Waals surface area (Å²) >= 11 is 0. The molecule has 1 aromatic carbocycles. The third-order valence-electron chi connectivity index (χ3n) is 5.03. The van der Waals surface area contributed by atoms with Crippen LogP contribution in [-0.2, 0) is 17.9 Å². The van der Waals surface area contributed by atoms with E-state index in [4.69, 9.17) is 10.5 Å². The lowest BCUT2D eigenvalue weighted by Gasteiger charge is -2.23. The van der Waals surface area contributed by atoms with Crippen molar-refractivity contribution in [3.05, 3.63) is 35.4 Å². The molecule has 1 heterocycles. The van der Waals surface area contributed by atoms with Gasteiger partial charge in [0.25, 0.3) is 0 Å². The molecule has 0 saturated heterocycles. The van der Waals surface area contributed by atoms with Gasteiger partial charge in [-0.1, -0.05) is 51.5 Å². The lowest BCUT2D eigenvalue weighted by Crippen LogP contribution is -2.23. The van der Waals surface area contributed by atoms with E-state index in [-0.39, 0.29) is 11.8 Å². The number of amides is 1. The molecule has 3 N–H and O–H groups in total. The highest BCUT2D eigenvalue weighted by Gasteiger charge is 2.17. The summed E-state index contributed by atoms with van der Waals surface area (Å²) in [6.45, 7) is 10.7. The van der Waals surface area contributed by atoms with Crippen LogP contribution in [0.15, 0.2) is 24.3 Å². The number of rotatable bonds is 14. The number of nitrogen functional groups attached to an aromatic ring is 1. The molecule has 0 radical (unpaired) electrons. The van der Waals surface area contributed by atoms with Crippen LogP contribution >= 0.6 is 0 Å². The number of nitrogens with zero attached hydrogens (tertiary/aromatic N) is 4. The Balaban J connectivity index is 2.15. The van der Waals surface area contributed by atoms with E-state index in [0.29, 0.717) is 31.1 Å². The summed E-state index contributed by atoms with van der Waals surface area (Å²) < 4.78 is 5.63. The molecule has 1 amide bonds. The molecule has 31 heavy (non-hydrogen) atoms. The Morgan fingerprint density at radius 1 is 1.06 bits per heavy atom. The number of hydrogen-bond donors (Lipinski definition) is 2. The first-order valence-electron chi connectivity index (χ1n) is 11.0. The Kier molecular flexibility index (Phi) is 10.0. The predicted octanol–water partition coefficient (Wildman–Crippen LogP) is 3.67. The van der Waals surface area contributed by atoms with Crippen LogP contribution in [0, 0.1) is 0 Å². The zero-order chi connectivity index (χ0) is 22.6. The summed E-state index contributed by atoms with van der Waals surface area (Å²) in [6, 6.07) is 8.80. The first-order valence-corrected chi connectivity index (χ1v) is 11.0. The third-order valence-corrected chi connectivity index (χ3v) is 5.03. The number of benzene rings is 1. The van der Waals surface area contributed by atoms with Crippen LogP contribution in [0.1, 0.15) is 51.2 Å². The van der Waals surface area contributed by atoms with Crippen molar-refractivity contribution in [2.24, 2.45) is 0 Å². The Morgan fingerprint density at radius 2 is 1.74 bits per heavy atom. The highest BCUT2D eigenvalue weighted by molar-refractivity contribution is 5.86. The number of aromatic nitrogens is 2. The third kappa shape index (κ3) is 7.40. The van der Waals surface area contributed by atoms with Crippen molar-refractivity contribution in [1.82, 2.24) is 14.9 Å². The lowest BCUT2D eigenvalue weighted by atomic mass is 10.1. The van der Waals surface area contributed by atoms with Crippen LogP contribution in [0.4, 0.5) is 17.3 Å². The van der Waals surface area contributed by atoms with Gasteiger partial charge in [-0.15, -0.1) is 0 Å². The molecule has 1 aromatic heterocycles. The molecule has 0 aliphatic rings. The van der Waals surface area contributed by atoms with Gasteiger partial charge in [-0.25, -0.2) is 0 Å². The van der Waals surface area contributed by atoms with Crippen LogP contribution in [-0.4, -0.2) is 48.0 Å². The second-order valence-corrected chi connectivity index (χ2v) is 7.60. The molecule has 8 nitrogen and oxygen atoms in total. The van der Waals surface area contributed by atoms with E-state index < -0.39 is 0 Å².